The van der Waals surface area contributed by atoms with E-state index in [0.29, 0.717) is 0 Å². The lowest BCUT2D eigenvalue weighted by Gasteiger charge is -2.17. The Labute approximate surface area is 50.5 Å². The zero-order valence-electron chi connectivity index (χ0n) is 5.35. The third kappa shape index (κ3) is 0.655. The molecule has 0 bridgehead atoms. The lowest BCUT2D eigenvalue weighted by molar-refractivity contribution is 0.407. The Hall–Kier alpha value is -0.0400. The van der Waals surface area contributed by atoms with E-state index in [1.54, 1.807) is 0 Å². The molecule has 0 aromatic heterocycles. The summed E-state index contributed by atoms with van der Waals surface area (Å²) in [6.45, 7) is 3.58. The van der Waals surface area contributed by atoms with Crippen molar-refractivity contribution in [1.82, 2.24) is 5.32 Å². The lowest BCUT2D eigenvalue weighted by Crippen LogP contribution is -2.32. The van der Waals surface area contributed by atoms with Gasteiger partial charge in [0.05, 0.1) is 0 Å². The van der Waals surface area contributed by atoms with Crippen molar-refractivity contribution in [2.24, 2.45) is 11.8 Å². The van der Waals surface area contributed by atoms with Gasteiger partial charge in [0.25, 0.3) is 0 Å². The first kappa shape index (κ1) is 4.80. The van der Waals surface area contributed by atoms with Gasteiger partial charge in [0.1, 0.15) is 0 Å². The Kier molecular flexibility index (Phi) is 0.884. The SMILES string of the molecule is CC1CC2CC2CN1. The van der Waals surface area contributed by atoms with Crippen LogP contribution in [0.2, 0.25) is 0 Å². The predicted octanol–water partition coefficient (Wildman–Crippen LogP) is 1.00. The van der Waals surface area contributed by atoms with E-state index in [4.69, 9.17) is 0 Å². The highest BCUT2D eigenvalue weighted by Crippen LogP contribution is 2.43. The molecule has 1 saturated heterocycles. The van der Waals surface area contributed by atoms with Gasteiger partial charge in [0.15, 0.2) is 0 Å². The molecule has 8 heavy (non-hydrogen) atoms. The number of hydrogen-bond donors (Lipinski definition) is 1. The monoisotopic (exact) mass is 111 g/mol. The molecule has 1 N–H and O–H groups in total. The molecule has 1 saturated carbocycles. The molecule has 0 amide bonds. The highest BCUT2D eigenvalue weighted by atomic mass is 14.9. The minimum atomic E-state index is 0.804. The Morgan fingerprint density at radius 1 is 1.25 bits per heavy atom. The summed E-state index contributed by atoms with van der Waals surface area (Å²) in [4.78, 5) is 0. The van der Waals surface area contributed by atoms with E-state index in [1.807, 2.05) is 0 Å². The maximum absolute atomic E-state index is 3.47. The van der Waals surface area contributed by atoms with Gasteiger partial charge in [-0.2, -0.15) is 0 Å². The summed E-state index contributed by atoms with van der Waals surface area (Å²) in [6, 6.07) is 0.804. The molecule has 1 heterocycles. The molecule has 1 aliphatic carbocycles. The molecule has 2 fully saturated rings. The second-order valence-electron chi connectivity index (χ2n) is 3.30. The number of hydrogen-bond acceptors (Lipinski definition) is 1. The Bertz CT molecular complexity index is 101. The van der Waals surface area contributed by atoms with Crippen molar-refractivity contribution in [2.75, 3.05) is 6.54 Å². The molecule has 2 aliphatic rings. The van der Waals surface area contributed by atoms with Crippen LogP contribution in [-0.2, 0) is 0 Å². The van der Waals surface area contributed by atoms with Crippen LogP contribution in [0.15, 0.2) is 0 Å². The Morgan fingerprint density at radius 2 is 2.12 bits per heavy atom. The average Bonchev–Trinajstić information content (AvgIpc) is 2.43. The molecular formula is C7H13N. The van der Waals surface area contributed by atoms with Crippen molar-refractivity contribution >= 4 is 0 Å². The summed E-state index contributed by atoms with van der Waals surface area (Å²) < 4.78 is 0. The van der Waals surface area contributed by atoms with E-state index < -0.39 is 0 Å². The largest absolute Gasteiger partial charge is 0.314 e. The van der Waals surface area contributed by atoms with Crippen molar-refractivity contribution in [3.05, 3.63) is 0 Å². The fraction of sp³-hybridized carbons (Fsp3) is 1.00. The molecule has 1 aliphatic heterocycles. The quantitative estimate of drug-likeness (QED) is 0.492. The van der Waals surface area contributed by atoms with Crippen LogP contribution >= 0.6 is 0 Å². The summed E-state index contributed by atoms with van der Waals surface area (Å²) in [5.74, 6) is 2.19. The predicted molar refractivity (Wildman–Crippen MR) is 33.7 cm³/mol. The van der Waals surface area contributed by atoms with E-state index in [-0.39, 0.29) is 0 Å². The van der Waals surface area contributed by atoms with Crippen LogP contribution in [0.25, 0.3) is 0 Å². The third-order valence-corrected chi connectivity index (χ3v) is 2.45. The van der Waals surface area contributed by atoms with Crippen molar-refractivity contribution in [2.45, 2.75) is 25.8 Å². The average molecular weight is 111 g/mol. The van der Waals surface area contributed by atoms with Crippen LogP contribution in [0.5, 0.6) is 0 Å². The van der Waals surface area contributed by atoms with Gasteiger partial charge in [-0.05, 0) is 38.1 Å². The molecule has 2 rings (SSSR count). The van der Waals surface area contributed by atoms with Crippen molar-refractivity contribution in [3.63, 3.8) is 0 Å². The molecule has 0 spiro atoms. The molecule has 1 nitrogen and oxygen atoms in total. The minimum Gasteiger partial charge on any atom is -0.314 e. The van der Waals surface area contributed by atoms with E-state index in [9.17, 15) is 0 Å². The minimum absolute atomic E-state index is 0.804. The number of rotatable bonds is 0. The normalized spacial score (nSPS) is 52.9. The molecule has 0 radical (unpaired) electrons. The zero-order chi connectivity index (χ0) is 5.56. The van der Waals surface area contributed by atoms with Gasteiger partial charge in [0.2, 0.25) is 0 Å². The first-order valence-electron chi connectivity index (χ1n) is 3.59. The van der Waals surface area contributed by atoms with Gasteiger partial charge in [-0.25, -0.2) is 0 Å². The van der Waals surface area contributed by atoms with Gasteiger partial charge < -0.3 is 5.32 Å². The van der Waals surface area contributed by atoms with E-state index in [1.165, 1.54) is 19.4 Å². The standard InChI is InChI=1S/C7H13N/c1-5-2-6-3-7(6)4-8-5/h5-8H,2-4H2,1H3. The summed E-state index contributed by atoms with van der Waals surface area (Å²) in [5, 5.41) is 3.47. The van der Waals surface area contributed by atoms with Gasteiger partial charge in [0, 0.05) is 6.04 Å². The van der Waals surface area contributed by atoms with Crippen molar-refractivity contribution < 1.29 is 0 Å². The smallest absolute Gasteiger partial charge is 0.00415 e. The number of fused-ring (bicyclic) bond motifs is 1. The number of piperidine rings is 1. The first-order valence-corrected chi connectivity index (χ1v) is 3.59. The van der Waals surface area contributed by atoms with E-state index in [2.05, 4.69) is 12.2 Å². The summed E-state index contributed by atoms with van der Waals surface area (Å²) in [5.41, 5.74) is 0. The molecular weight excluding hydrogens is 98.1 g/mol. The molecule has 1 heteroatoms. The van der Waals surface area contributed by atoms with Gasteiger partial charge >= 0.3 is 0 Å². The molecule has 0 aromatic rings. The zero-order valence-corrected chi connectivity index (χ0v) is 5.35. The highest BCUT2D eigenvalue weighted by molar-refractivity contribution is 4.94. The second-order valence-corrected chi connectivity index (χ2v) is 3.30. The summed E-state index contributed by atoms with van der Waals surface area (Å²) >= 11 is 0. The maximum Gasteiger partial charge on any atom is 0.00415 e. The van der Waals surface area contributed by atoms with Crippen LogP contribution in [0.1, 0.15) is 19.8 Å². The molecule has 3 atom stereocenters. The topological polar surface area (TPSA) is 12.0 Å². The molecule has 3 unspecified atom stereocenters. The van der Waals surface area contributed by atoms with Gasteiger partial charge in [-0.1, -0.05) is 0 Å². The molecule has 0 aromatic carbocycles. The van der Waals surface area contributed by atoms with E-state index >= 15 is 0 Å². The van der Waals surface area contributed by atoms with Crippen LogP contribution in [0, 0.1) is 11.8 Å². The lowest BCUT2D eigenvalue weighted by atomic mass is 10.1. The van der Waals surface area contributed by atoms with Gasteiger partial charge in [-0.3, -0.25) is 0 Å². The van der Waals surface area contributed by atoms with E-state index in [0.717, 1.165) is 17.9 Å². The fourth-order valence-electron chi connectivity index (χ4n) is 1.74. The van der Waals surface area contributed by atoms with Gasteiger partial charge in [-0.15, -0.1) is 0 Å². The fourth-order valence-corrected chi connectivity index (χ4v) is 1.74. The van der Waals surface area contributed by atoms with Crippen LogP contribution in [0.4, 0.5) is 0 Å². The maximum atomic E-state index is 3.47. The number of nitrogens with one attached hydrogen (secondary N) is 1. The summed E-state index contributed by atoms with van der Waals surface area (Å²) in [7, 11) is 0. The van der Waals surface area contributed by atoms with Crippen molar-refractivity contribution in [3.8, 4) is 0 Å². The Morgan fingerprint density at radius 3 is 2.75 bits per heavy atom. The van der Waals surface area contributed by atoms with Crippen LogP contribution < -0.4 is 5.32 Å². The summed E-state index contributed by atoms with van der Waals surface area (Å²) in [6.07, 6.45) is 2.95. The first-order chi connectivity index (χ1) is 3.86. The second kappa shape index (κ2) is 1.47. The van der Waals surface area contributed by atoms with Crippen LogP contribution in [-0.4, -0.2) is 12.6 Å². The third-order valence-electron chi connectivity index (χ3n) is 2.45. The highest BCUT2D eigenvalue weighted by Gasteiger charge is 2.40. The van der Waals surface area contributed by atoms with Crippen LogP contribution in [0.3, 0.4) is 0 Å². The van der Waals surface area contributed by atoms with Crippen molar-refractivity contribution in [1.29, 1.82) is 0 Å². The Balaban J connectivity index is 1.93. The molecule has 46 valence electrons.